The Morgan fingerprint density at radius 2 is 1.94 bits per heavy atom. The van der Waals surface area contributed by atoms with E-state index in [0.29, 0.717) is 5.69 Å². The number of nitrogens with two attached hydrogens (primary N) is 1. The Bertz CT molecular complexity index is 497. The van der Waals surface area contributed by atoms with Crippen LogP contribution in [0.2, 0.25) is 0 Å². The zero-order valence-corrected chi connectivity index (χ0v) is 8.92. The average molecular weight is 230 g/mol. The van der Waals surface area contributed by atoms with E-state index >= 15 is 0 Å². The summed E-state index contributed by atoms with van der Waals surface area (Å²) in [6.45, 7) is 0.0822. The van der Waals surface area contributed by atoms with Crippen molar-refractivity contribution >= 4 is 17.3 Å². The van der Waals surface area contributed by atoms with Gasteiger partial charge < -0.3 is 15.7 Å². The molecule has 0 aliphatic heterocycles. The topological polar surface area (TPSA) is 114 Å². The fourth-order valence-corrected chi connectivity index (χ4v) is 1.35. The molecule has 0 saturated carbocycles. The predicted octanol–water partition coefficient (Wildman–Crippen LogP) is 0.821. The maximum Gasteiger partial charge on any atom is 0.337 e. The summed E-state index contributed by atoms with van der Waals surface area (Å²) in [6.07, 6.45) is 0. The van der Waals surface area contributed by atoms with Crippen molar-refractivity contribution < 1.29 is 9.90 Å². The maximum atomic E-state index is 10.8. The first-order chi connectivity index (χ1) is 8.10. The molecule has 0 unspecified atom stereocenters. The average Bonchev–Trinajstić information content (AvgIpc) is 2.28. The highest BCUT2D eigenvalue weighted by Crippen LogP contribution is 2.21. The molecule has 0 fully saturated rings. The number of hydrogen-bond acceptors (Lipinski definition) is 5. The Labute approximate surface area is 98.1 Å². The molecule has 0 amide bonds. The minimum Gasteiger partial charge on any atom is -0.478 e. The van der Waals surface area contributed by atoms with E-state index in [1.54, 1.807) is 0 Å². The number of anilines is 2. The number of hydrogen-bond donors (Lipinski definition) is 2. The molecule has 0 aliphatic rings. The maximum absolute atomic E-state index is 10.8. The molecule has 1 aromatic rings. The molecule has 0 aromatic heterocycles. The number of nitriles is 2. The number of nitrogens with zero attached hydrogens (tertiary/aromatic N) is 3. The lowest BCUT2D eigenvalue weighted by Gasteiger charge is -2.18. The lowest BCUT2D eigenvalue weighted by Crippen LogP contribution is -2.24. The highest BCUT2D eigenvalue weighted by molar-refractivity contribution is 5.94. The molecule has 3 N–H and O–H groups in total. The third-order valence-corrected chi connectivity index (χ3v) is 2.15. The first-order valence-corrected chi connectivity index (χ1v) is 4.71. The second kappa shape index (κ2) is 5.38. The third-order valence-electron chi connectivity index (χ3n) is 2.15. The van der Waals surface area contributed by atoms with Crippen LogP contribution in [-0.2, 0) is 0 Å². The molecular formula is C11H10N4O2. The van der Waals surface area contributed by atoms with E-state index in [1.165, 1.54) is 23.1 Å². The van der Waals surface area contributed by atoms with Crippen LogP contribution in [0.5, 0.6) is 0 Å². The number of carbonyl (C=O) groups is 1. The second-order valence-corrected chi connectivity index (χ2v) is 3.25. The molecule has 0 bridgehead atoms. The van der Waals surface area contributed by atoms with E-state index in [4.69, 9.17) is 21.4 Å². The van der Waals surface area contributed by atoms with Gasteiger partial charge in [0.05, 0.1) is 17.7 Å². The van der Waals surface area contributed by atoms with Crippen molar-refractivity contribution in [1.82, 2.24) is 0 Å². The van der Waals surface area contributed by atoms with Crippen molar-refractivity contribution in [2.75, 3.05) is 23.7 Å². The van der Waals surface area contributed by atoms with Crippen molar-refractivity contribution in [3.05, 3.63) is 23.8 Å². The summed E-state index contributed by atoms with van der Waals surface area (Å²) in [4.78, 5) is 12.3. The Kier molecular flexibility index (Phi) is 3.91. The van der Waals surface area contributed by atoms with Gasteiger partial charge in [-0.2, -0.15) is 10.5 Å². The number of rotatable bonds is 4. The van der Waals surface area contributed by atoms with Gasteiger partial charge in [0, 0.05) is 11.4 Å². The van der Waals surface area contributed by atoms with Crippen molar-refractivity contribution in [1.29, 1.82) is 10.5 Å². The monoisotopic (exact) mass is 230 g/mol. The van der Waals surface area contributed by atoms with Crippen LogP contribution in [0.3, 0.4) is 0 Å². The molecule has 0 radical (unpaired) electrons. The van der Waals surface area contributed by atoms with Gasteiger partial charge in [-0.25, -0.2) is 4.79 Å². The minimum atomic E-state index is -1.11. The van der Waals surface area contributed by atoms with Gasteiger partial charge >= 0.3 is 5.97 Å². The van der Waals surface area contributed by atoms with Crippen LogP contribution in [-0.4, -0.2) is 24.2 Å². The van der Waals surface area contributed by atoms with Gasteiger partial charge in [-0.1, -0.05) is 0 Å². The molecule has 86 valence electrons. The standard InChI is InChI=1S/C11H10N4O2/c12-3-5-15(6-4-13)8-1-2-9(11(16)17)10(14)7-8/h1-2,7H,5-6,14H2,(H,16,17). The Morgan fingerprint density at radius 3 is 2.35 bits per heavy atom. The number of benzene rings is 1. The minimum absolute atomic E-state index is 0.00242. The van der Waals surface area contributed by atoms with Crippen molar-refractivity contribution in [2.45, 2.75) is 0 Å². The van der Waals surface area contributed by atoms with Gasteiger partial charge in [0.15, 0.2) is 0 Å². The van der Waals surface area contributed by atoms with Gasteiger partial charge in [0.1, 0.15) is 13.1 Å². The van der Waals surface area contributed by atoms with Crippen LogP contribution in [0, 0.1) is 22.7 Å². The first-order valence-electron chi connectivity index (χ1n) is 4.71. The quantitative estimate of drug-likeness (QED) is 0.584. The lowest BCUT2D eigenvalue weighted by molar-refractivity contribution is 0.0698. The summed E-state index contributed by atoms with van der Waals surface area (Å²) in [7, 11) is 0. The number of carboxylic acid groups (broad SMARTS) is 1. The van der Waals surface area contributed by atoms with Crippen LogP contribution in [0.1, 0.15) is 10.4 Å². The molecule has 0 saturated heterocycles. The zero-order chi connectivity index (χ0) is 12.8. The van der Waals surface area contributed by atoms with Crippen LogP contribution >= 0.6 is 0 Å². The summed E-state index contributed by atoms with van der Waals surface area (Å²) in [5.41, 5.74) is 6.24. The zero-order valence-electron chi connectivity index (χ0n) is 8.92. The molecule has 6 heteroatoms. The van der Waals surface area contributed by atoms with Crippen molar-refractivity contribution in [2.24, 2.45) is 0 Å². The molecular weight excluding hydrogens is 220 g/mol. The Morgan fingerprint density at radius 1 is 1.35 bits per heavy atom. The molecule has 0 atom stereocenters. The number of aromatic carboxylic acids is 1. The first kappa shape index (κ1) is 12.3. The normalized spacial score (nSPS) is 9.06. The summed E-state index contributed by atoms with van der Waals surface area (Å²) >= 11 is 0. The summed E-state index contributed by atoms with van der Waals surface area (Å²) < 4.78 is 0. The number of nitrogen functional groups attached to an aromatic ring is 1. The molecule has 0 aliphatic carbocycles. The van der Waals surface area contributed by atoms with E-state index in [0.717, 1.165) is 0 Å². The molecule has 17 heavy (non-hydrogen) atoms. The largest absolute Gasteiger partial charge is 0.478 e. The van der Waals surface area contributed by atoms with Gasteiger partial charge in [-0.15, -0.1) is 0 Å². The van der Waals surface area contributed by atoms with Crippen LogP contribution in [0.15, 0.2) is 18.2 Å². The molecule has 1 rings (SSSR count). The van der Waals surface area contributed by atoms with Crippen LogP contribution in [0.4, 0.5) is 11.4 Å². The molecule has 0 heterocycles. The highest BCUT2D eigenvalue weighted by atomic mass is 16.4. The SMILES string of the molecule is N#CCN(CC#N)c1ccc(C(=O)O)c(N)c1. The fraction of sp³-hybridized carbons (Fsp3) is 0.182. The van der Waals surface area contributed by atoms with E-state index in [1.807, 2.05) is 12.1 Å². The smallest absolute Gasteiger partial charge is 0.337 e. The highest BCUT2D eigenvalue weighted by Gasteiger charge is 2.11. The number of carboxylic acids is 1. The summed E-state index contributed by atoms with van der Waals surface area (Å²) in [5.74, 6) is -1.11. The van der Waals surface area contributed by atoms with Crippen LogP contribution < -0.4 is 10.6 Å². The third kappa shape index (κ3) is 2.86. The van der Waals surface area contributed by atoms with Crippen molar-refractivity contribution in [3.63, 3.8) is 0 Å². The predicted molar refractivity (Wildman–Crippen MR) is 61.3 cm³/mol. The Hall–Kier alpha value is -2.73. The van der Waals surface area contributed by atoms with Gasteiger partial charge in [-0.3, -0.25) is 0 Å². The fourth-order valence-electron chi connectivity index (χ4n) is 1.35. The summed E-state index contributed by atoms with van der Waals surface area (Å²) in [6, 6.07) is 8.17. The molecule has 1 aromatic carbocycles. The van der Waals surface area contributed by atoms with E-state index < -0.39 is 5.97 Å². The molecule has 0 spiro atoms. The van der Waals surface area contributed by atoms with Gasteiger partial charge in [0.2, 0.25) is 0 Å². The molecule has 6 nitrogen and oxygen atoms in total. The van der Waals surface area contributed by atoms with Crippen LogP contribution in [0.25, 0.3) is 0 Å². The van der Waals surface area contributed by atoms with E-state index in [-0.39, 0.29) is 24.3 Å². The Balaban J connectivity index is 3.07. The lowest BCUT2D eigenvalue weighted by atomic mass is 10.1. The van der Waals surface area contributed by atoms with Gasteiger partial charge in [0.25, 0.3) is 0 Å². The van der Waals surface area contributed by atoms with E-state index in [9.17, 15) is 4.79 Å². The van der Waals surface area contributed by atoms with E-state index in [2.05, 4.69) is 0 Å². The van der Waals surface area contributed by atoms with Crippen molar-refractivity contribution in [3.8, 4) is 12.1 Å². The second-order valence-electron chi connectivity index (χ2n) is 3.25. The summed E-state index contributed by atoms with van der Waals surface area (Å²) in [5, 5.41) is 26.0. The van der Waals surface area contributed by atoms with Gasteiger partial charge in [-0.05, 0) is 18.2 Å².